The quantitative estimate of drug-likeness (QED) is 0.796. The first-order valence-electron chi connectivity index (χ1n) is 5.93. The highest BCUT2D eigenvalue weighted by Gasteiger charge is 2.10. The average molecular weight is 313 g/mol. The summed E-state index contributed by atoms with van der Waals surface area (Å²) in [6.45, 7) is 3.10. The van der Waals surface area contributed by atoms with Gasteiger partial charge in [0.25, 0.3) is 0 Å². The molecular formula is C13H20Cl3NO. The highest BCUT2D eigenvalue weighted by Crippen LogP contribution is 2.26. The molecule has 104 valence electrons. The molecule has 1 aromatic carbocycles. The molecular weight excluding hydrogens is 293 g/mol. The van der Waals surface area contributed by atoms with Gasteiger partial charge in [0.1, 0.15) is 5.75 Å². The van der Waals surface area contributed by atoms with Crippen molar-refractivity contribution in [1.29, 1.82) is 0 Å². The Morgan fingerprint density at radius 2 is 1.78 bits per heavy atom. The zero-order chi connectivity index (χ0) is 12.7. The number of ether oxygens (including phenoxy) is 1. The first-order valence-corrected chi connectivity index (χ1v) is 6.68. The Bertz CT molecular complexity index is 327. The minimum atomic E-state index is 0. The van der Waals surface area contributed by atoms with Crippen molar-refractivity contribution in [1.82, 2.24) is 5.32 Å². The molecule has 0 aliphatic heterocycles. The van der Waals surface area contributed by atoms with Gasteiger partial charge in [0.15, 0.2) is 0 Å². The van der Waals surface area contributed by atoms with E-state index in [-0.39, 0.29) is 18.5 Å². The molecule has 18 heavy (non-hydrogen) atoms. The zero-order valence-corrected chi connectivity index (χ0v) is 13.0. The van der Waals surface area contributed by atoms with E-state index >= 15 is 0 Å². The van der Waals surface area contributed by atoms with Crippen LogP contribution in [0.15, 0.2) is 18.2 Å². The molecule has 0 saturated carbocycles. The van der Waals surface area contributed by atoms with Crippen LogP contribution in [0.1, 0.15) is 26.2 Å². The van der Waals surface area contributed by atoms with Crippen molar-refractivity contribution in [3.8, 4) is 5.75 Å². The lowest BCUT2D eigenvalue weighted by molar-refractivity contribution is 0.180. The Morgan fingerprint density at radius 1 is 1.17 bits per heavy atom. The molecule has 0 bridgehead atoms. The number of hydrogen-bond acceptors (Lipinski definition) is 2. The Morgan fingerprint density at radius 3 is 2.28 bits per heavy atom. The molecule has 0 aliphatic carbocycles. The summed E-state index contributed by atoms with van der Waals surface area (Å²) < 4.78 is 5.91. The second-order valence-corrected chi connectivity index (χ2v) is 4.90. The van der Waals surface area contributed by atoms with Crippen molar-refractivity contribution in [2.75, 3.05) is 13.6 Å². The van der Waals surface area contributed by atoms with Crippen molar-refractivity contribution in [3.63, 3.8) is 0 Å². The summed E-state index contributed by atoms with van der Waals surface area (Å²) >= 11 is 11.9. The van der Waals surface area contributed by atoms with Crippen LogP contribution >= 0.6 is 35.6 Å². The third-order valence-electron chi connectivity index (χ3n) is 2.47. The van der Waals surface area contributed by atoms with Gasteiger partial charge in [-0.15, -0.1) is 12.4 Å². The summed E-state index contributed by atoms with van der Waals surface area (Å²) in [5, 5.41) is 4.35. The largest absolute Gasteiger partial charge is 0.490 e. The SMILES string of the molecule is CCC[C@H](CCNC)Oc1cc(Cl)cc(Cl)c1.Cl. The predicted molar refractivity (Wildman–Crippen MR) is 81.6 cm³/mol. The van der Waals surface area contributed by atoms with Gasteiger partial charge < -0.3 is 10.1 Å². The van der Waals surface area contributed by atoms with Crippen molar-refractivity contribution < 1.29 is 4.74 Å². The summed E-state index contributed by atoms with van der Waals surface area (Å²) in [5.41, 5.74) is 0. The maximum Gasteiger partial charge on any atom is 0.122 e. The van der Waals surface area contributed by atoms with Gasteiger partial charge in [-0.25, -0.2) is 0 Å². The molecule has 1 N–H and O–H groups in total. The predicted octanol–water partition coefficient (Wildman–Crippen LogP) is 4.57. The number of hydrogen-bond donors (Lipinski definition) is 1. The van der Waals surface area contributed by atoms with Crippen molar-refractivity contribution >= 4 is 35.6 Å². The molecule has 0 radical (unpaired) electrons. The lowest BCUT2D eigenvalue weighted by Crippen LogP contribution is -2.22. The monoisotopic (exact) mass is 311 g/mol. The molecule has 0 fully saturated rings. The van der Waals surface area contributed by atoms with E-state index in [2.05, 4.69) is 12.2 Å². The molecule has 1 rings (SSSR count). The Hall–Kier alpha value is -0.150. The van der Waals surface area contributed by atoms with Gasteiger partial charge in [-0.2, -0.15) is 0 Å². The van der Waals surface area contributed by atoms with Gasteiger partial charge >= 0.3 is 0 Å². The van der Waals surface area contributed by atoms with Gasteiger partial charge in [-0.05, 0) is 44.6 Å². The second-order valence-electron chi connectivity index (χ2n) is 4.03. The van der Waals surface area contributed by atoms with E-state index in [1.54, 1.807) is 18.2 Å². The smallest absolute Gasteiger partial charge is 0.122 e. The van der Waals surface area contributed by atoms with E-state index in [0.29, 0.717) is 10.0 Å². The summed E-state index contributed by atoms with van der Waals surface area (Å²) in [6.07, 6.45) is 3.32. The first kappa shape index (κ1) is 17.8. The molecule has 2 nitrogen and oxygen atoms in total. The summed E-state index contributed by atoms with van der Waals surface area (Å²) in [6, 6.07) is 5.31. The van der Waals surface area contributed by atoms with Gasteiger partial charge in [0, 0.05) is 10.0 Å². The van der Waals surface area contributed by atoms with Crippen LogP contribution in [-0.4, -0.2) is 19.7 Å². The molecule has 5 heteroatoms. The average Bonchev–Trinajstić information content (AvgIpc) is 2.24. The molecule has 0 aromatic heterocycles. The van der Waals surface area contributed by atoms with Crippen LogP contribution in [0, 0.1) is 0 Å². The lowest BCUT2D eigenvalue weighted by atomic mass is 10.1. The van der Waals surface area contributed by atoms with E-state index in [4.69, 9.17) is 27.9 Å². The van der Waals surface area contributed by atoms with Crippen LogP contribution in [0.3, 0.4) is 0 Å². The van der Waals surface area contributed by atoms with Crippen molar-refractivity contribution in [2.24, 2.45) is 0 Å². The van der Waals surface area contributed by atoms with Crippen LogP contribution in [0.5, 0.6) is 5.75 Å². The van der Waals surface area contributed by atoms with Gasteiger partial charge in [0.05, 0.1) is 6.10 Å². The standard InChI is InChI=1S/C13H19Cl2NO.ClH/c1-3-4-12(5-6-16-2)17-13-8-10(14)7-11(15)9-13;/h7-9,12,16H,3-6H2,1-2H3;1H/t12-;/m1./s1. The third-order valence-corrected chi connectivity index (χ3v) is 2.90. The fraction of sp³-hybridized carbons (Fsp3) is 0.538. The lowest BCUT2D eigenvalue weighted by Gasteiger charge is -2.18. The minimum absolute atomic E-state index is 0. The van der Waals surface area contributed by atoms with Gasteiger partial charge in [0.2, 0.25) is 0 Å². The molecule has 0 saturated heterocycles. The van der Waals surface area contributed by atoms with Crippen molar-refractivity contribution in [3.05, 3.63) is 28.2 Å². The van der Waals surface area contributed by atoms with E-state index in [1.807, 2.05) is 7.05 Å². The van der Waals surface area contributed by atoms with Gasteiger partial charge in [-0.3, -0.25) is 0 Å². The molecule has 0 spiro atoms. The zero-order valence-electron chi connectivity index (χ0n) is 10.7. The number of halogens is 3. The highest BCUT2D eigenvalue weighted by molar-refractivity contribution is 6.34. The van der Waals surface area contributed by atoms with Crippen LogP contribution in [-0.2, 0) is 0 Å². The van der Waals surface area contributed by atoms with Crippen LogP contribution in [0.25, 0.3) is 0 Å². The van der Waals surface area contributed by atoms with Crippen LogP contribution in [0.4, 0.5) is 0 Å². The Kier molecular flexibility index (Phi) is 9.66. The molecule has 0 amide bonds. The molecule has 1 atom stereocenters. The van der Waals surface area contributed by atoms with Crippen LogP contribution < -0.4 is 10.1 Å². The second kappa shape index (κ2) is 9.74. The fourth-order valence-electron chi connectivity index (χ4n) is 1.68. The first-order chi connectivity index (χ1) is 8.15. The molecule has 1 aromatic rings. The third kappa shape index (κ3) is 6.69. The summed E-state index contributed by atoms with van der Waals surface area (Å²) in [5.74, 6) is 0.747. The minimum Gasteiger partial charge on any atom is -0.490 e. The molecule has 0 unspecified atom stereocenters. The highest BCUT2D eigenvalue weighted by atomic mass is 35.5. The number of benzene rings is 1. The molecule has 0 aliphatic rings. The Balaban J connectivity index is 0.00000289. The fourth-order valence-corrected chi connectivity index (χ4v) is 2.18. The van der Waals surface area contributed by atoms with E-state index in [1.165, 1.54) is 0 Å². The van der Waals surface area contributed by atoms with E-state index in [0.717, 1.165) is 31.6 Å². The van der Waals surface area contributed by atoms with Gasteiger partial charge in [-0.1, -0.05) is 36.5 Å². The molecule has 0 heterocycles. The topological polar surface area (TPSA) is 21.3 Å². The normalized spacial score (nSPS) is 11.8. The van der Waals surface area contributed by atoms with E-state index < -0.39 is 0 Å². The van der Waals surface area contributed by atoms with Crippen molar-refractivity contribution in [2.45, 2.75) is 32.3 Å². The summed E-state index contributed by atoms with van der Waals surface area (Å²) in [7, 11) is 1.94. The number of nitrogens with one attached hydrogen (secondary N) is 1. The Labute approximate surface area is 125 Å². The van der Waals surface area contributed by atoms with Crippen LogP contribution in [0.2, 0.25) is 10.0 Å². The maximum atomic E-state index is 5.94. The van der Waals surface area contributed by atoms with E-state index in [9.17, 15) is 0 Å². The maximum absolute atomic E-state index is 5.94. The summed E-state index contributed by atoms with van der Waals surface area (Å²) in [4.78, 5) is 0. The number of rotatable bonds is 7.